The van der Waals surface area contributed by atoms with Gasteiger partial charge in [-0.2, -0.15) is 0 Å². The van der Waals surface area contributed by atoms with Crippen LogP contribution >= 0.6 is 15.9 Å². The molecule has 0 heterocycles. The zero-order valence-electron chi connectivity index (χ0n) is 12.3. The van der Waals surface area contributed by atoms with Gasteiger partial charge in [-0.05, 0) is 28.7 Å². The summed E-state index contributed by atoms with van der Waals surface area (Å²) in [5, 5.41) is 10.9. The largest absolute Gasteiger partial charge is 0.388 e. The Labute approximate surface area is 132 Å². The Bertz CT molecular complexity index is 579. The molecule has 0 aromatic heterocycles. The van der Waals surface area contributed by atoms with Crippen molar-refractivity contribution in [2.75, 3.05) is 5.33 Å². The van der Waals surface area contributed by atoms with Crippen LogP contribution in [0.25, 0.3) is 0 Å². The second kappa shape index (κ2) is 6.01. The quantitative estimate of drug-likeness (QED) is 0.760. The Morgan fingerprint density at radius 1 is 1.19 bits per heavy atom. The van der Waals surface area contributed by atoms with E-state index in [0.717, 1.165) is 11.1 Å². The van der Waals surface area contributed by atoms with Crippen LogP contribution in [0.2, 0.25) is 0 Å². The molecule has 2 atom stereocenters. The SMILES string of the molecule is CC(C)(C)C1=CC(c2c(F)cccc2F)C(O)C(CBr)=C1. The molecule has 0 amide bonds. The molecule has 114 valence electrons. The molecule has 4 heteroatoms. The maximum absolute atomic E-state index is 14.1. The number of halogens is 3. The molecule has 0 saturated carbocycles. The molecule has 0 aliphatic heterocycles. The fraction of sp³-hybridized carbons (Fsp3) is 0.412. The number of aliphatic hydroxyl groups is 1. The summed E-state index contributed by atoms with van der Waals surface area (Å²) >= 11 is 3.34. The number of rotatable bonds is 2. The van der Waals surface area contributed by atoms with Crippen LogP contribution in [-0.4, -0.2) is 16.5 Å². The lowest BCUT2D eigenvalue weighted by Crippen LogP contribution is -2.27. The molecule has 1 aromatic rings. The third-order valence-corrected chi connectivity index (χ3v) is 4.42. The van der Waals surface area contributed by atoms with Crippen molar-refractivity contribution < 1.29 is 13.9 Å². The zero-order chi connectivity index (χ0) is 15.8. The highest BCUT2D eigenvalue weighted by Gasteiger charge is 2.32. The Kier molecular flexibility index (Phi) is 4.69. The second-order valence-corrected chi connectivity index (χ2v) is 6.89. The van der Waals surface area contributed by atoms with Crippen LogP contribution in [0.5, 0.6) is 0 Å². The molecule has 0 bridgehead atoms. The van der Waals surface area contributed by atoms with E-state index in [1.165, 1.54) is 18.2 Å². The third-order valence-electron chi connectivity index (χ3n) is 3.77. The molecule has 2 rings (SSSR count). The number of allylic oxidation sites excluding steroid dienone is 2. The van der Waals surface area contributed by atoms with Crippen molar-refractivity contribution in [1.29, 1.82) is 0 Å². The van der Waals surface area contributed by atoms with Gasteiger partial charge in [0.05, 0.1) is 6.10 Å². The van der Waals surface area contributed by atoms with Gasteiger partial charge in [0, 0.05) is 16.8 Å². The van der Waals surface area contributed by atoms with Gasteiger partial charge < -0.3 is 5.11 Å². The number of aliphatic hydroxyl groups excluding tert-OH is 1. The van der Waals surface area contributed by atoms with Crippen LogP contribution in [0.15, 0.2) is 41.5 Å². The minimum absolute atomic E-state index is 0.0710. The molecular formula is C17H19BrF2O. The third kappa shape index (κ3) is 3.27. The molecule has 1 N–H and O–H groups in total. The standard InChI is InChI=1S/C17H19BrF2O/c1-17(2,3)11-7-10(9-18)16(21)12(8-11)15-13(19)5-4-6-14(15)20/h4-8,12,16,21H,9H2,1-3H3. The van der Waals surface area contributed by atoms with E-state index < -0.39 is 23.7 Å². The summed E-state index contributed by atoms with van der Waals surface area (Å²) in [7, 11) is 0. The maximum atomic E-state index is 14.1. The fourth-order valence-electron chi connectivity index (χ4n) is 2.50. The number of alkyl halides is 1. The van der Waals surface area contributed by atoms with E-state index in [0.29, 0.717) is 5.33 Å². The fourth-order valence-corrected chi connectivity index (χ4v) is 3.00. The molecule has 0 fully saturated rings. The minimum Gasteiger partial charge on any atom is -0.388 e. The van der Waals surface area contributed by atoms with Crippen LogP contribution < -0.4 is 0 Å². The molecule has 0 radical (unpaired) electrons. The first kappa shape index (κ1) is 16.4. The van der Waals surface area contributed by atoms with Crippen LogP contribution in [0.1, 0.15) is 32.3 Å². The van der Waals surface area contributed by atoms with Gasteiger partial charge in [-0.3, -0.25) is 0 Å². The van der Waals surface area contributed by atoms with Crippen LogP contribution in [0, 0.1) is 17.0 Å². The first-order valence-electron chi connectivity index (χ1n) is 6.86. The molecule has 1 aromatic carbocycles. The summed E-state index contributed by atoms with van der Waals surface area (Å²) < 4.78 is 28.1. The van der Waals surface area contributed by atoms with E-state index in [1.54, 1.807) is 6.08 Å². The van der Waals surface area contributed by atoms with E-state index in [-0.39, 0.29) is 11.0 Å². The van der Waals surface area contributed by atoms with Crippen molar-refractivity contribution in [3.05, 3.63) is 58.7 Å². The Morgan fingerprint density at radius 2 is 1.76 bits per heavy atom. The number of hydrogen-bond donors (Lipinski definition) is 1. The summed E-state index contributed by atoms with van der Waals surface area (Å²) in [6.45, 7) is 6.11. The lowest BCUT2D eigenvalue weighted by Gasteiger charge is -2.32. The highest BCUT2D eigenvalue weighted by molar-refractivity contribution is 9.09. The summed E-state index contributed by atoms with van der Waals surface area (Å²) in [5.41, 5.74) is 1.47. The van der Waals surface area contributed by atoms with E-state index in [4.69, 9.17) is 0 Å². The van der Waals surface area contributed by atoms with E-state index in [1.807, 2.05) is 26.8 Å². The molecular weight excluding hydrogens is 338 g/mol. The summed E-state index contributed by atoms with van der Waals surface area (Å²) in [4.78, 5) is 0. The molecule has 1 aliphatic rings. The lowest BCUT2D eigenvalue weighted by molar-refractivity contribution is 0.188. The normalized spacial score (nSPS) is 22.8. The Balaban J connectivity index is 2.57. The van der Waals surface area contributed by atoms with Crippen molar-refractivity contribution in [1.82, 2.24) is 0 Å². The van der Waals surface area contributed by atoms with Crippen molar-refractivity contribution >= 4 is 15.9 Å². The first-order chi connectivity index (χ1) is 9.75. The van der Waals surface area contributed by atoms with Gasteiger partial charge in [0.15, 0.2) is 0 Å². The molecule has 1 nitrogen and oxygen atoms in total. The zero-order valence-corrected chi connectivity index (χ0v) is 13.9. The minimum atomic E-state index is -0.929. The van der Waals surface area contributed by atoms with Crippen LogP contribution in [0.4, 0.5) is 8.78 Å². The molecule has 21 heavy (non-hydrogen) atoms. The van der Waals surface area contributed by atoms with Gasteiger partial charge in [-0.15, -0.1) is 0 Å². The van der Waals surface area contributed by atoms with Crippen molar-refractivity contribution in [3.8, 4) is 0 Å². The van der Waals surface area contributed by atoms with Crippen molar-refractivity contribution in [3.63, 3.8) is 0 Å². The average molecular weight is 357 g/mol. The molecule has 2 unspecified atom stereocenters. The first-order valence-corrected chi connectivity index (χ1v) is 7.98. The van der Waals surface area contributed by atoms with Gasteiger partial charge >= 0.3 is 0 Å². The Hall–Kier alpha value is -1.00. The Morgan fingerprint density at radius 3 is 2.24 bits per heavy atom. The summed E-state index contributed by atoms with van der Waals surface area (Å²) in [6, 6.07) is 3.78. The highest BCUT2D eigenvalue weighted by Crippen LogP contribution is 2.40. The van der Waals surface area contributed by atoms with Gasteiger partial charge in [0.2, 0.25) is 0 Å². The van der Waals surface area contributed by atoms with Crippen molar-refractivity contribution in [2.45, 2.75) is 32.8 Å². The molecule has 1 aliphatic carbocycles. The highest BCUT2D eigenvalue weighted by atomic mass is 79.9. The van der Waals surface area contributed by atoms with E-state index >= 15 is 0 Å². The van der Waals surface area contributed by atoms with Crippen LogP contribution in [-0.2, 0) is 0 Å². The number of hydrogen-bond acceptors (Lipinski definition) is 1. The van der Waals surface area contributed by atoms with Gasteiger partial charge in [0.25, 0.3) is 0 Å². The number of benzene rings is 1. The predicted octanol–water partition coefficient (Wildman–Crippen LogP) is 4.72. The van der Waals surface area contributed by atoms with E-state index in [2.05, 4.69) is 15.9 Å². The summed E-state index contributed by atoms with van der Waals surface area (Å²) in [6.07, 6.45) is 2.76. The van der Waals surface area contributed by atoms with Gasteiger partial charge in [0.1, 0.15) is 11.6 Å². The van der Waals surface area contributed by atoms with Gasteiger partial charge in [-0.25, -0.2) is 8.78 Å². The van der Waals surface area contributed by atoms with Crippen molar-refractivity contribution in [2.24, 2.45) is 5.41 Å². The van der Waals surface area contributed by atoms with E-state index in [9.17, 15) is 13.9 Å². The predicted molar refractivity (Wildman–Crippen MR) is 84.5 cm³/mol. The monoisotopic (exact) mass is 356 g/mol. The molecule has 0 saturated heterocycles. The smallest absolute Gasteiger partial charge is 0.130 e. The molecule has 0 spiro atoms. The van der Waals surface area contributed by atoms with Crippen LogP contribution in [0.3, 0.4) is 0 Å². The second-order valence-electron chi connectivity index (χ2n) is 6.33. The topological polar surface area (TPSA) is 20.2 Å². The lowest BCUT2D eigenvalue weighted by atomic mass is 9.75. The van der Waals surface area contributed by atoms with Gasteiger partial charge in [-0.1, -0.05) is 54.9 Å². The maximum Gasteiger partial charge on any atom is 0.130 e. The average Bonchev–Trinajstić information content (AvgIpc) is 2.39. The summed E-state index contributed by atoms with van der Waals surface area (Å²) in [5.74, 6) is -1.96.